The summed E-state index contributed by atoms with van der Waals surface area (Å²) in [6, 6.07) is 1.88. The number of carbonyl (C=O) groups is 2. The van der Waals surface area contributed by atoms with Crippen LogP contribution in [0.3, 0.4) is 0 Å². The van der Waals surface area contributed by atoms with Crippen LogP contribution in [0.25, 0.3) is 0 Å². The molecule has 102 valence electrons. The van der Waals surface area contributed by atoms with Crippen molar-refractivity contribution < 1.29 is 24.4 Å². The van der Waals surface area contributed by atoms with E-state index in [1.54, 1.807) is 0 Å². The molecule has 1 amide bonds. The van der Waals surface area contributed by atoms with Gasteiger partial charge in [-0.2, -0.15) is 0 Å². The monoisotopic (exact) mass is 286 g/mol. The fourth-order valence-electron chi connectivity index (χ4n) is 1.86. The van der Waals surface area contributed by atoms with Crippen molar-refractivity contribution in [3.8, 4) is 0 Å². The van der Waals surface area contributed by atoms with Crippen LogP contribution in [0.2, 0.25) is 0 Å². The standard InChI is InChI=1S/C10H10N2O6S/c1-11-6(13)4-18-9(10(14)15)8(11)5-2-3-7(19-5)12(16)17/h2-3,8-9H,4H2,1H3,(H,14,15). The van der Waals surface area contributed by atoms with E-state index in [1.807, 2.05) is 0 Å². The van der Waals surface area contributed by atoms with Gasteiger partial charge in [-0.15, -0.1) is 0 Å². The van der Waals surface area contributed by atoms with Crippen molar-refractivity contribution in [3.63, 3.8) is 0 Å². The van der Waals surface area contributed by atoms with E-state index in [0.29, 0.717) is 4.88 Å². The number of likely N-dealkylation sites (N-methyl/N-ethyl adjacent to an activating group) is 1. The van der Waals surface area contributed by atoms with Crippen LogP contribution in [0.15, 0.2) is 12.1 Å². The molecule has 1 aliphatic rings. The molecular weight excluding hydrogens is 276 g/mol. The Balaban J connectivity index is 2.37. The van der Waals surface area contributed by atoms with Gasteiger partial charge in [-0.25, -0.2) is 4.79 Å². The van der Waals surface area contributed by atoms with Gasteiger partial charge in [-0.1, -0.05) is 11.3 Å². The van der Waals surface area contributed by atoms with E-state index < -0.39 is 23.0 Å². The SMILES string of the molecule is CN1C(=O)COC(C(=O)O)C1c1ccc([N+](=O)[O-])s1. The van der Waals surface area contributed by atoms with Gasteiger partial charge in [0, 0.05) is 18.0 Å². The first kappa shape index (κ1) is 13.4. The predicted molar refractivity (Wildman–Crippen MR) is 63.9 cm³/mol. The zero-order chi connectivity index (χ0) is 14.2. The first-order chi connectivity index (χ1) is 8.91. The molecule has 0 aromatic carbocycles. The molecule has 1 saturated heterocycles. The Morgan fingerprint density at radius 3 is 2.84 bits per heavy atom. The molecule has 0 radical (unpaired) electrons. The Bertz CT molecular complexity index is 542. The number of nitrogens with zero attached hydrogens (tertiary/aromatic N) is 2. The Hall–Kier alpha value is -2.00. The lowest BCUT2D eigenvalue weighted by Crippen LogP contribution is -2.49. The maximum atomic E-state index is 11.6. The van der Waals surface area contributed by atoms with E-state index in [0.717, 1.165) is 11.3 Å². The van der Waals surface area contributed by atoms with Crippen LogP contribution < -0.4 is 0 Å². The van der Waals surface area contributed by atoms with Crippen LogP contribution in [-0.4, -0.2) is 46.6 Å². The van der Waals surface area contributed by atoms with Gasteiger partial charge in [0.15, 0.2) is 6.10 Å². The number of nitro groups is 1. The van der Waals surface area contributed by atoms with Crippen molar-refractivity contribution in [2.75, 3.05) is 13.7 Å². The van der Waals surface area contributed by atoms with E-state index in [1.165, 1.54) is 24.1 Å². The van der Waals surface area contributed by atoms with Gasteiger partial charge in [0.2, 0.25) is 5.91 Å². The third kappa shape index (κ3) is 2.42. The van der Waals surface area contributed by atoms with Crippen LogP contribution in [0, 0.1) is 10.1 Å². The molecule has 0 saturated carbocycles. The molecule has 2 atom stereocenters. The maximum Gasteiger partial charge on any atom is 0.335 e. The van der Waals surface area contributed by atoms with Gasteiger partial charge in [0.1, 0.15) is 12.6 Å². The summed E-state index contributed by atoms with van der Waals surface area (Å²) in [5.74, 6) is -1.57. The number of aliphatic carboxylic acids is 1. The molecule has 9 heteroatoms. The number of ether oxygens (including phenoxy) is 1. The third-order valence-electron chi connectivity index (χ3n) is 2.81. The summed E-state index contributed by atoms with van der Waals surface area (Å²) in [5.41, 5.74) is 0. The Labute approximate surface area is 111 Å². The Kier molecular flexibility index (Phi) is 3.49. The fraction of sp³-hybridized carbons (Fsp3) is 0.400. The number of carbonyl (C=O) groups excluding carboxylic acids is 1. The quantitative estimate of drug-likeness (QED) is 0.645. The molecule has 0 bridgehead atoms. The van der Waals surface area contributed by atoms with Crippen molar-refractivity contribution in [1.29, 1.82) is 0 Å². The van der Waals surface area contributed by atoms with E-state index >= 15 is 0 Å². The van der Waals surface area contributed by atoms with Crippen molar-refractivity contribution in [3.05, 3.63) is 27.1 Å². The number of morpholine rings is 1. The van der Waals surface area contributed by atoms with E-state index in [-0.39, 0.29) is 17.5 Å². The van der Waals surface area contributed by atoms with Crippen LogP contribution in [-0.2, 0) is 14.3 Å². The zero-order valence-corrected chi connectivity index (χ0v) is 10.6. The molecule has 0 spiro atoms. The van der Waals surface area contributed by atoms with Crippen molar-refractivity contribution in [1.82, 2.24) is 4.90 Å². The highest BCUT2D eigenvalue weighted by molar-refractivity contribution is 7.15. The smallest absolute Gasteiger partial charge is 0.335 e. The highest BCUT2D eigenvalue weighted by Crippen LogP contribution is 2.36. The van der Waals surface area contributed by atoms with E-state index in [4.69, 9.17) is 9.84 Å². The Morgan fingerprint density at radius 1 is 1.63 bits per heavy atom. The summed E-state index contributed by atoms with van der Waals surface area (Å²) in [6.45, 7) is -0.308. The third-order valence-corrected chi connectivity index (χ3v) is 3.92. The minimum atomic E-state index is -1.22. The molecule has 8 nitrogen and oxygen atoms in total. The molecule has 2 rings (SSSR count). The molecular formula is C10H10N2O6S. The molecule has 0 aliphatic carbocycles. The van der Waals surface area contributed by atoms with Crippen LogP contribution in [0.4, 0.5) is 5.00 Å². The van der Waals surface area contributed by atoms with Gasteiger partial charge < -0.3 is 14.7 Å². The lowest BCUT2D eigenvalue weighted by molar-refractivity contribution is -0.380. The van der Waals surface area contributed by atoms with Crippen LogP contribution >= 0.6 is 11.3 Å². The van der Waals surface area contributed by atoms with Gasteiger partial charge >= 0.3 is 11.0 Å². The largest absolute Gasteiger partial charge is 0.479 e. The normalized spacial score (nSPS) is 23.4. The molecule has 2 heterocycles. The summed E-state index contributed by atoms with van der Waals surface area (Å²) in [5, 5.41) is 19.6. The van der Waals surface area contributed by atoms with Crippen LogP contribution in [0.5, 0.6) is 0 Å². The number of rotatable bonds is 3. The first-order valence-corrected chi connectivity index (χ1v) is 6.07. The molecule has 1 aromatic rings. The van der Waals surface area contributed by atoms with Crippen LogP contribution in [0.1, 0.15) is 10.9 Å². The van der Waals surface area contributed by atoms with Gasteiger partial charge in [0.25, 0.3) is 0 Å². The number of carboxylic acids is 1. The number of hydrogen-bond acceptors (Lipinski definition) is 6. The average Bonchev–Trinajstić information content (AvgIpc) is 2.81. The molecule has 1 fully saturated rings. The highest BCUT2D eigenvalue weighted by atomic mass is 32.1. The van der Waals surface area contributed by atoms with Gasteiger partial charge in [-0.3, -0.25) is 14.9 Å². The second kappa shape index (κ2) is 4.94. The second-order valence-electron chi connectivity index (χ2n) is 3.95. The molecule has 1 N–H and O–H groups in total. The molecule has 1 aromatic heterocycles. The van der Waals surface area contributed by atoms with E-state index in [9.17, 15) is 19.7 Å². The first-order valence-electron chi connectivity index (χ1n) is 5.26. The highest BCUT2D eigenvalue weighted by Gasteiger charge is 2.41. The van der Waals surface area contributed by atoms with E-state index in [2.05, 4.69) is 0 Å². The summed E-state index contributed by atoms with van der Waals surface area (Å²) in [4.78, 5) is 34.4. The van der Waals surface area contributed by atoms with Gasteiger partial charge in [0.05, 0.1) is 4.92 Å². The molecule has 19 heavy (non-hydrogen) atoms. The van der Waals surface area contributed by atoms with Crippen molar-refractivity contribution in [2.45, 2.75) is 12.1 Å². The summed E-state index contributed by atoms with van der Waals surface area (Å²) >= 11 is 0.838. The van der Waals surface area contributed by atoms with Gasteiger partial charge in [-0.05, 0) is 6.07 Å². The minimum absolute atomic E-state index is 0.106. The molecule has 1 aliphatic heterocycles. The lowest BCUT2D eigenvalue weighted by Gasteiger charge is -2.35. The zero-order valence-electron chi connectivity index (χ0n) is 9.81. The fourth-order valence-corrected chi connectivity index (χ4v) is 2.85. The number of hydrogen-bond donors (Lipinski definition) is 1. The topological polar surface area (TPSA) is 110 Å². The summed E-state index contributed by atoms with van der Waals surface area (Å²) in [7, 11) is 1.46. The number of amides is 1. The predicted octanol–water partition coefficient (Wildman–Crippen LogP) is 0.639. The number of thiophene rings is 1. The summed E-state index contributed by atoms with van der Waals surface area (Å²) in [6.07, 6.45) is -1.22. The maximum absolute atomic E-state index is 11.6. The van der Waals surface area contributed by atoms with Crippen molar-refractivity contribution in [2.24, 2.45) is 0 Å². The average molecular weight is 286 g/mol. The summed E-state index contributed by atoms with van der Waals surface area (Å²) < 4.78 is 5.00. The second-order valence-corrected chi connectivity index (χ2v) is 5.05. The Morgan fingerprint density at radius 2 is 2.32 bits per heavy atom. The lowest BCUT2D eigenvalue weighted by atomic mass is 10.1. The van der Waals surface area contributed by atoms with Crippen molar-refractivity contribution >= 4 is 28.2 Å². The number of carboxylic acid groups (broad SMARTS) is 1. The minimum Gasteiger partial charge on any atom is -0.479 e. The molecule has 2 unspecified atom stereocenters.